The highest BCUT2D eigenvalue weighted by molar-refractivity contribution is 7.92. The first-order valence-electron chi connectivity index (χ1n) is 6.08. The van der Waals surface area contributed by atoms with Gasteiger partial charge in [0, 0.05) is 0 Å². The van der Waals surface area contributed by atoms with Gasteiger partial charge in [0.1, 0.15) is 0 Å². The largest absolute Gasteiger partial charge is 0.223 e. The molecule has 2 bridgehead atoms. The lowest BCUT2D eigenvalue weighted by Gasteiger charge is -2.24. The molecule has 2 aliphatic carbocycles. The van der Waals surface area contributed by atoms with Gasteiger partial charge < -0.3 is 0 Å². The van der Waals surface area contributed by atoms with Gasteiger partial charge in [0.2, 0.25) is 0 Å². The molecule has 2 fully saturated rings. The van der Waals surface area contributed by atoms with Crippen LogP contribution in [0.1, 0.15) is 19.3 Å². The summed E-state index contributed by atoms with van der Waals surface area (Å²) in [6, 6.07) is 8.78. The molecule has 17 heavy (non-hydrogen) atoms. The van der Waals surface area contributed by atoms with Gasteiger partial charge in [-0.05, 0) is 43.2 Å². The number of hydrogen-bond acceptors (Lipinski definition) is 2. The van der Waals surface area contributed by atoms with Gasteiger partial charge in [-0.3, -0.25) is 0 Å². The zero-order chi connectivity index (χ0) is 12.0. The van der Waals surface area contributed by atoms with Crippen molar-refractivity contribution >= 4 is 9.84 Å². The van der Waals surface area contributed by atoms with Gasteiger partial charge in [-0.15, -0.1) is 0 Å². The van der Waals surface area contributed by atoms with Crippen LogP contribution in [-0.2, 0) is 9.84 Å². The van der Waals surface area contributed by atoms with Gasteiger partial charge in [0.15, 0.2) is 9.84 Å². The predicted octanol–water partition coefficient (Wildman–Crippen LogP) is 2.82. The molecule has 2 nitrogen and oxygen atoms in total. The van der Waals surface area contributed by atoms with E-state index in [0.717, 1.165) is 24.8 Å². The summed E-state index contributed by atoms with van der Waals surface area (Å²) in [5.41, 5.74) is 0.949. The van der Waals surface area contributed by atoms with E-state index in [1.165, 1.54) is 0 Å². The second-order valence-corrected chi connectivity index (χ2v) is 7.19. The number of rotatable bonds is 2. The average molecular weight is 248 g/mol. The van der Waals surface area contributed by atoms with E-state index in [-0.39, 0.29) is 5.25 Å². The van der Waals surface area contributed by atoms with Crippen molar-refractivity contribution in [1.82, 2.24) is 0 Å². The summed E-state index contributed by atoms with van der Waals surface area (Å²) in [6.45, 7) is 4.03. The Labute approximate surface area is 102 Å². The zero-order valence-corrected chi connectivity index (χ0v) is 10.5. The van der Waals surface area contributed by atoms with Gasteiger partial charge in [-0.25, -0.2) is 8.42 Å². The molecule has 2 aliphatic rings. The fraction of sp³-hybridized carbons (Fsp3) is 0.429. The lowest BCUT2D eigenvalue weighted by Crippen LogP contribution is -2.29. The minimum atomic E-state index is -3.22. The molecule has 2 saturated carbocycles. The molecule has 0 unspecified atom stereocenters. The molecule has 0 saturated heterocycles. The minimum Gasteiger partial charge on any atom is -0.223 e. The van der Waals surface area contributed by atoms with Crippen molar-refractivity contribution in [2.75, 3.05) is 0 Å². The number of fused-ring (bicyclic) bond motifs is 2. The molecule has 1 aromatic carbocycles. The van der Waals surface area contributed by atoms with E-state index < -0.39 is 9.84 Å². The van der Waals surface area contributed by atoms with Crippen molar-refractivity contribution in [3.05, 3.63) is 42.5 Å². The lowest BCUT2D eigenvalue weighted by atomic mass is 9.96. The van der Waals surface area contributed by atoms with Crippen LogP contribution in [0.2, 0.25) is 0 Å². The fourth-order valence-corrected chi connectivity index (χ4v) is 5.55. The monoisotopic (exact) mass is 248 g/mol. The second kappa shape index (κ2) is 3.70. The van der Waals surface area contributed by atoms with Crippen LogP contribution < -0.4 is 0 Å². The molecule has 1 aromatic rings. The zero-order valence-electron chi connectivity index (χ0n) is 9.67. The molecule has 0 aromatic heterocycles. The average Bonchev–Trinajstić information content (AvgIpc) is 2.90. The third kappa shape index (κ3) is 1.56. The molecule has 0 N–H and O–H groups in total. The summed E-state index contributed by atoms with van der Waals surface area (Å²) >= 11 is 0. The van der Waals surface area contributed by atoms with Crippen molar-refractivity contribution in [3.63, 3.8) is 0 Å². The first-order chi connectivity index (χ1) is 8.10. The summed E-state index contributed by atoms with van der Waals surface area (Å²) in [7, 11) is -3.22. The molecule has 3 atom stereocenters. The first-order valence-corrected chi connectivity index (χ1v) is 7.63. The number of benzene rings is 1. The minimum absolute atomic E-state index is 0.303. The summed E-state index contributed by atoms with van der Waals surface area (Å²) < 4.78 is 25.1. The SMILES string of the molecule is C=C1[C@H]2CC[C@H](C2)[C@H]1S(=O)(=O)c1ccccc1. The molecular formula is C14H16O2S. The van der Waals surface area contributed by atoms with Crippen LogP contribution >= 0.6 is 0 Å². The molecule has 0 radical (unpaired) electrons. The Morgan fingerprint density at radius 1 is 1.12 bits per heavy atom. The van der Waals surface area contributed by atoms with Gasteiger partial charge in [-0.1, -0.05) is 30.4 Å². The highest BCUT2D eigenvalue weighted by Crippen LogP contribution is 2.51. The Morgan fingerprint density at radius 2 is 1.82 bits per heavy atom. The second-order valence-electron chi connectivity index (χ2n) is 5.12. The molecule has 0 spiro atoms. The maximum absolute atomic E-state index is 12.6. The van der Waals surface area contributed by atoms with Gasteiger partial charge in [-0.2, -0.15) is 0 Å². The van der Waals surface area contributed by atoms with E-state index in [1.54, 1.807) is 24.3 Å². The smallest absolute Gasteiger partial charge is 0.185 e. The van der Waals surface area contributed by atoms with E-state index in [9.17, 15) is 8.42 Å². The van der Waals surface area contributed by atoms with Crippen molar-refractivity contribution < 1.29 is 8.42 Å². The third-order valence-electron chi connectivity index (χ3n) is 4.20. The highest BCUT2D eigenvalue weighted by atomic mass is 32.2. The van der Waals surface area contributed by atoms with Crippen LogP contribution in [0.25, 0.3) is 0 Å². The maximum atomic E-state index is 12.6. The highest BCUT2D eigenvalue weighted by Gasteiger charge is 2.49. The Morgan fingerprint density at radius 3 is 2.41 bits per heavy atom. The Kier molecular flexibility index (Phi) is 2.40. The van der Waals surface area contributed by atoms with Crippen LogP contribution in [0.15, 0.2) is 47.4 Å². The lowest BCUT2D eigenvalue weighted by molar-refractivity contribution is 0.523. The summed E-state index contributed by atoms with van der Waals surface area (Å²) in [4.78, 5) is 0.443. The van der Waals surface area contributed by atoms with Gasteiger partial charge in [0.05, 0.1) is 10.1 Å². The van der Waals surface area contributed by atoms with Crippen LogP contribution in [0.4, 0.5) is 0 Å². The number of hydrogen-bond donors (Lipinski definition) is 0. The van der Waals surface area contributed by atoms with E-state index in [2.05, 4.69) is 6.58 Å². The van der Waals surface area contributed by atoms with Crippen LogP contribution in [0, 0.1) is 11.8 Å². The molecule has 90 valence electrons. The maximum Gasteiger partial charge on any atom is 0.185 e. The van der Waals surface area contributed by atoms with Crippen molar-refractivity contribution in [1.29, 1.82) is 0 Å². The Balaban J connectivity index is 2.03. The molecule has 0 amide bonds. The number of sulfone groups is 1. The van der Waals surface area contributed by atoms with Crippen LogP contribution in [0.5, 0.6) is 0 Å². The molecule has 3 heteroatoms. The van der Waals surface area contributed by atoms with Gasteiger partial charge in [0.25, 0.3) is 0 Å². The normalized spacial score (nSPS) is 32.0. The van der Waals surface area contributed by atoms with Gasteiger partial charge >= 0.3 is 0 Å². The Hall–Kier alpha value is -1.09. The van der Waals surface area contributed by atoms with E-state index >= 15 is 0 Å². The van der Waals surface area contributed by atoms with Crippen molar-refractivity contribution in [2.45, 2.75) is 29.4 Å². The topological polar surface area (TPSA) is 34.1 Å². The van der Waals surface area contributed by atoms with Crippen LogP contribution in [-0.4, -0.2) is 13.7 Å². The molecular weight excluding hydrogens is 232 g/mol. The van der Waals surface area contributed by atoms with Crippen molar-refractivity contribution in [3.8, 4) is 0 Å². The summed E-state index contributed by atoms with van der Waals surface area (Å²) in [6.07, 6.45) is 3.19. The standard InChI is InChI=1S/C14H16O2S/c1-10-11-7-8-12(9-11)14(10)17(15,16)13-5-3-2-4-6-13/h2-6,11-12,14H,1,7-9H2/t11-,12+,14-/m0/s1. The van der Waals surface area contributed by atoms with E-state index in [1.807, 2.05) is 6.07 Å². The molecule has 0 heterocycles. The van der Waals surface area contributed by atoms with Crippen molar-refractivity contribution in [2.24, 2.45) is 11.8 Å². The first kappa shape index (κ1) is 11.0. The quantitative estimate of drug-likeness (QED) is 0.754. The molecule has 3 rings (SSSR count). The fourth-order valence-electron chi connectivity index (χ4n) is 3.37. The Bertz CT molecular complexity index is 545. The predicted molar refractivity (Wildman–Crippen MR) is 67.4 cm³/mol. The molecule has 0 aliphatic heterocycles. The van der Waals surface area contributed by atoms with E-state index in [4.69, 9.17) is 0 Å². The van der Waals surface area contributed by atoms with Crippen LogP contribution in [0.3, 0.4) is 0 Å². The summed E-state index contributed by atoms with van der Waals surface area (Å²) in [5, 5.41) is -0.330. The third-order valence-corrected chi connectivity index (χ3v) is 6.48. The van der Waals surface area contributed by atoms with E-state index in [0.29, 0.717) is 16.7 Å². The summed E-state index contributed by atoms with van der Waals surface area (Å²) in [5.74, 6) is 0.751.